The van der Waals surface area contributed by atoms with Gasteiger partial charge in [0.25, 0.3) is 10.0 Å². The van der Waals surface area contributed by atoms with E-state index in [4.69, 9.17) is 0 Å². The second-order valence-electron chi connectivity index (χ2n) is 4.62. The Bertz CT molecular complexity index is 845. The first-order valence-corrected chi connectivity index (χ1v) is 7.88. The fraction of sp³-hybridized carbons (Fsp3) is 0.0625. The van der Waals surface area contributed by atoms with E-state index in [2.05, 4.69) is 23.0 Å². The van der Waals surface area contributed by atoms with Crippen molar-refractivity contribution in [2.75, 3.05) is 4.72 Å². The van der Waals surface area contributed by atoms with Crippen LogP contribution in [0.1, 0.15) is 11.1 Å². The van der Waals surface area contributed by atoms with Gasteiger partial charge in [-0.3, -0.25) is 9.71 Å². The van der Waals surface area contributed by atoms with E-state index in [0.29, 0.717) is 11.3 Å². The van der Waals surface area contributed by atoms with Crippen LogP contribution in [0.4, 0.5) is 15.8 Å². The van der Waals surface area contributed by atoms with Crippen molar-refractivity contribution >= 4 is 34.2 Å². The standard InChI is InChI=1S/C16H15FN2O2S/c1-4-12-6-5-7-15(16(12)18-3)19-22(20,21)13-8-9-14(17)11(2)10-13/h4-10,19H,1,3H2,2H3. The van der Waals surface area contributed by atoms with Crippen LogP contribution >= 0.6 is 0 Å². The van der Waals surface area contributed by atoms with Crippen LogP contribution in [0, 0.1) is 12.7 Å². The monoisotopic (exact) mass is 318 g/mol. The van der Waals surface area contributed by atoms with Gasteiger partial charge in [-0.25, -0.2) is 12.8 Å². The minimum Gasteiger partial charge on any atom is -0.277 e. The molecule has 0 aliphatic heterocycles. The van der Waals surface area contributed by atoms with E-state index in [9.17, 15) is 12.8 Å². The Morgan fingerprint density at radius 3 is 2.59 bits per heavy atom. The molecule has 0 atom stereocenters. The quantitative estimate of drug-likeness (QED) is 0.850. The highest BCUT2D eigenvalue weighted by Gasteiger charge is 2.17. The van der Waals surface area contributed by atoms with Gasteiger partial charge in [-0.15, -0.1) is 0 Å². The molecule has 0 aliphatic rings. The summed E-state index contributed by atoms with van der Waals surface area (Å²) in [4.78, 5) is 3.82. The van der Waals surface area contributed by atoms with Crippen LogP contribution in [-0.2, 0) is 10.0 Å². The molecule has 2 aromatic carbocycles. The first kappa shape index (κ1) is 15.9. The van der Waals surface area contributed by atoms with E-state index in [1.54, 1.807) is 24.3 Å². The van der Waals surface area contributed by atoms with Crippen LogP contribution in [0.2, 0.25) is 0 Å². The first-order valence-electron chi connectivity index (χ1n) is 6.40. The van der Waals surface area contributed by atoms with Crippen LogP contribution in [0.15, 0.2) is 52.9 Å². The third-order valence-electron chi connectivity index (χ3n) is 3.13. The maximum atomic E-state index is 13.3. The fourth-order valence-electron chi connectivity index (χ4n) is 1.97. The highest BCUT2D eigenvalue weighted by atomic mass is 32.2. The molecule has 2 aromatic rings. The van der Waals surface area contributed by atoms with E-state index in [1.165, 1.54) is 19.1 Å². The van der Waals surface area contributed by atoms with E-state index in [-0.39, 0.29) is 16.1 Å². The lowest BCUT2D eigenvalue weighted by Gasteiger charge is -2.12. The number of halogens is 1. The average Bonchev–Trinajstić information content (AvgIpc) is 2.49. The van der Waals surface area contributed by atoms with E-state index in [0.717, 1.165) is 6.07 Å². The van der Waals surface area contributed by atoms with Crippen molar-refractivity contribution in [3.8, 4) is 0 Å². The summed E-state index contributed by atoms with van der Waals surface area (Å²) in [5.74, 6) is -0.457. The predicted octanol–water partition coefficient (Wildman–Crippen LogP) is 3.91. The van der Waals surface area contributed by atoms with Crippen molar-refractivity contribution in [2.24, 2.45) is 4.99 Å². The Balaban J connectivity index is 2.47. The Hall–Kier alpha value is -2.47. The van der Waals surface area contributed by atoms with Gasteiger partial charge >= 0.3 is 0 Å². The van der Waals surface area contributed by atoms with Crippen LogP contribution < -0.4 is 4.72 Å². The van der Waals surface area contributed by atoms with Crippen LogP contribution in [0.5, 0.6) is 0 Å². The second-order valence-corrected chi connectivity index (χ2v) is 6.30. The van der Waals surface area contributed by atoms with E-state index in [1.807, 2.05) is 0 Å². The first-order chi connectivity index (χ1) is 10.4. The van der Waals surface area contributed by atoms with Gasteiger partial charge in [-0.1, -0.05) is 24.8 Å². The molecule has 0 aliphatic carbocycles. The lowest BCUT2D eigenvalue weighted by Crippen LogP contribution is -2.13. The molecule has 2 rings (SSSR count). The molecule has 0 unspecified atom stereocenters. The van der Waals surface area contributed by atoms with Gasteiger partial charge in [0.05, 0.1) is 16.3 Å². The number of nitrogens with one attached hydrogen (secondary N) is 1. The Morgan fingerprint density at radius 2 is 2.00 bits per heavy atom. The normalized spacial score (nSPS) is 11.0. The number of anilines is 1. The topological polar surface area (TPSA) is 58.5 Å². The lowest BCUT2D eigenvalue weighted by atomic mass is 10.1. The highest BCUT2D eigenvalue weighted by molar-refractivity contribution is 7.92. The summed E-state index contributed by atoms with van der Waals surface area (Å²) in [6, 6.07) is 8.61. The number of nitrogens with zero attached hydrogens (tertiary/aromatic N) is 1. The van der Waals surface area contributed by atoms with Gasteiger partial charge in [0.2, 0.25) is 0 Å². The summed E-state index contributed by atoms with van der Waals surface area (Å²) in [5.41, 5.74) is 1.59. The molecule has 0 amide bonds. The Labute approximate surface area is 129 Å². The lowest BCUT2D eigenvalue weighted by molar-refractivity contribution is 0.598. The molecule has 4 nitrogen and oxygen atoms in total. The fourth-order valence-corrected chi connectivity index (χ4v) is 3.12. The van der Waals surface area contributed by atoms with Crippen LogP contribution in [0.25, 0.3) is 6.08 Å². The third-order valence-corrected chi connectivity index (χ3v) is 4.49. The molecule has 1 N–H and O–H groups in total. The largest absolute Gasteiger partial charge is 0.277 e. The zero-order chi connectivity index (χ0) is 16.3. The molecule has 6 heteroatoms. The molecule has 0 saturated carbocycles. The third kappa shape index (κ3) is 3.07. The van der Waals surface area contributed by atoms with E-state index >= 15 is 0 Å². The smallest absolute Gasteiger partial charge is 0.261 e. The van der Waals surface area contributed by atoms with Crippen molar-refractivity contribution < 1.29 is 12.8 Å². The number of aryl methyl sites for hydroxylation is 1. The molecular formula is C16H15FN2O2S. The molecule has 22 heavy (non-hydrogen) atoms. The van der Waals surface area contributed by atoms with Crippen molar-refractivity contribution in [2.45, 2.75) is 11.8 Å². The number of hydrogen-bond acceptors (Lipinski definition) is 3. The van der Waals surface area contributed by atoms with Crippen LogP contribution in [0.3, 0.4) is 0 Å². The summed E-state index contributed by atoms with van der Waals surface area (Å²) >= 11 is 0. The molecule has 0 radical (unpaired) electrons. The predicted molar refractivity (Wildman–Crippen MR) is 87.7 cm³/mol. The molecule has 0 saturated heterocycles. The van der Waals surface area contributed by atoms with Crippen molar-refractivity contribution in [3.05, 3.63) is 59.9 Å². The van der Waals surface area contributed by atoms with Gasteiger partial charge in [-0.05, 0) is 43.5 Å². The summed E-state index contributed by atoms with van der Waals surface area (Å²) in [6.45, 7) is 8.60. The Kier molecular flexibility index (Phi) is 4.42. The SMILES string of the molecule is C=Cc1cccc(NS(=O)(=O)c2ccc(F)c(C)c2)c1N=C. The van der Waals surface area contributed by atoms with Crippen molar-refractivity contribution in [3.63, 3.8) is 0 Å². The minimum atomic E-state index is -3.85. The summed E-state index contributed by atoms with van der Waals surface area (Å²) < 4.78 is 40.5. The number of rotatable bonds is 5. The van der Waals surface area contributed by atoms with Gasteiger partial charge in [0.15, 0.2) is 0 Å². The summed E-state index contributed by atoms with van der Waals surface area (Å²) in [5, 5.41) is 0. The Morgan fingerprint density at radius 1 is 1.27 bits per heavy atom. The van der Waals surface area contributed by atoms with Crippen LogP contribution in [-0.4, -0.2) is 15.1 Å². The summed E-state index contributed by atoms with van der Waals surface area (Å²) in [7, 11) is -3.85. The minimum absolute atomic E-state index is 0.0228. The zero-order valence-corrected chi connectivity index (χ0v) is 12.8. The van der Waals surface area contributed by atoms with Gasteiger partial charge < -0.3 is 0 Å². The van der Waals surface area contributed by atoms with Gasteiger partial charge in [0.1, 0.15) is 5.82 Å². The van der Waals surface area contributed by atoms with Crippen molar-refractivity contribution in [1.82, 2.24) is 0 Å². The average molecular weight is 318 g/mol. The van der Waals surface area contributed by atoms with E-state index < -0.39 is 15.8 Å². The highest BCUT2D eigenvalue weighted by Crippen LogP contribution is 2.31. The van der Waals surface area contributed by atoms with Crippen molar-refractivity contribution in [1.29, 1.82) is 0 Å². The molecule has 0 spiro atoms. The molecule has 114 valence electrons. The second kappa shape index (κ2) is 6.11. The number of para-hydroxylation sites is 1. The zero-order valence-electron chi connectivity index (χ0n) is 12.0. The van der Waals surface area contributed by atoms with Gasteiger partial charge in [0, 0.05) is 5.56 Å². The molecule has 0 bridgehead atoms. The molecular weight excluding hydrogens is 303 g/mol. The van der Waals surface area contributed by atoms with Gasteiger partial charge in [-0.2, -0.15) is 0 Å². The maximum absolute atomic E-state index is 13.3. The number of sulfonamides is 1. The molecule has 0 aromatic heterocycles. The number of aliphatic imine (C=N–C) groups is 1. The molecule has 0 heterocycles. The summed E-state index contributed by atoms with van der Waals surface area (Å²) in [6.07, 6.45) is 1.56. The number of benzene rings is 2. The number of hydrogen-bond donors (Lipinski definition) is 1. The maximum Gasteiger partial charge on any atom is 0.261 e. The molecule has 0 fully saturated rings.